The molecule has 2 N–H and O–H groups in total. The molecular weight excluding hydrogens is 521 g/mol. The van der Waals surface area contributed by atoms with Crippen molar-refractivity contribution < 1.29 is 31.1 Å². The van der Waals surface area contributed by atoms with Crippen molar-refractivity contribution in [2.24, 2.45) is 0 Å². The van der Waals surface area contributed by atoms with Crippen LogP contribution < -0.4 is 10.6 Å². The number of fused-ring (bicyclic) bond motifs is 1. The fourth-order valence-electron chi connectivity index (χ4n) is 4.74. The van der Waals surface area contributed by atoms with E-state index in [1.54, 1.807) is 25.1 Å². The normalized spacial score (nSPS) is 20.6. The zero-order valence-corrected chi connectivity index (χ0v) is 21.5. The largest absolute Gasteiger partial charge is 0.378 e. The molecule has 0 unspecified atom stereocenters. The number of hydrogen-bond donors (Lipinski definition) is 2. The molecule has 2 saturated heterocycles. The van der Waals surface area contributed by atoms with Gasteiger partial charge in [-0.25, -0.2) is 26.6 Å². The highest BCUT2D eigenvalue weighted by molar-refractivity contribution is 7.89. The Morgan fingerprint density at radius 1 is 1.21 bits per heavy atom. The van der Waals surface area contributed by atoms with Crippen molar-refractivity contribution in [3.8, 4) is 11.3 Å². The number of rotatable bonds is 6. The minimum Gasteiger partial charge on any atom is -0.378 e. The molecule has 1 amide bonds. The molecule has 0 bridgehead atoms. The highest BCUT2D eigenvalue weighted by Crippen LogP contribution is 2.32. The zero-order chi connectivity index (χ0) is 27.0. The average molecular weight is 549 g/mol. The summed E-state index contributed by atoms with van der Waals surface area (Å²) < 4.78 is 75.7. The van der Waals surface area contributed by atoms with Gasteiger partial charge in [0.15, 0.2) is 0 Å². The van der Waals surface area contributed by atoms with E-state index in [2.05, 4.69) is 15.6 Å². The first-order chi connectivity index (χ1) is 18.1. The second kappa shape index (κ2) is 10.6. The number of alkyl halides is 1. The predicted molar refractivity (Wildman–Crippen MR) is 135 cm³/mol. The first-order valence-corrected chi connectivity index (χ1v) is 13.7. The van der Waals surface area contributed by atoms with Crippen molar-refractivity contribution in [3.63, 3.8) is 0 Å². The van der Waals surface area contributed by atoms with Crippen LogP contribution >= 0.6 is 0 Å². The molecule has 8 nitrogen and oxygen atoms in total. The molecule has 2 aromatic carbocycles. The Hall–Kier alpha value is -3.06. The SMILES string of the molecule is Cc1cc(-c2c(F)cc(S(=O)(=O)N3CC[C@H](F)C3)cc2F)nc2cc(C(=O)NC[C@H]3COCCN3)ccc12. The minimum absolute atomic E-state index is 0.00161. The monoisotopic (exact) mass is 548 g/mol. The first kappa shape index (κ1) is 26.5. The summed E-state index contributed by atoms with van der Waals surface area (Å²) in [6.07, 6.45) is -1.28. The van der Waals surface area contributed by atoms with Gasteiger partial charge in [-0.15, -0.1) is 0 Å². The van der Waals surface area contributed by atoms with E-state index in [-0.39, 0.29) is 37.2 Å². The summed E-state index contributed by atoms with van der Waals surface area (Å²) >= 11 is 0. The number of ether oxygens (including phenoxy) is 1. The fraction of sp³-hybridized carbons (Fsp3) is 0.385. The molecule has 0 aliphatic carbocycles. The lowest BCUT2D eigenvalue weighted by Gasteiger charge is -2.23. The van der Waals surface area contributed by atoms with Crippen LogP contribution in [0.15, 0.2) is 41.3 Å². The lowest BCUT2D eigenvalue weighted by atomic mass is 10.0. The van der Waals surface area contributed by atoms with Crippen LogP contribution in [0.3, 0.4) is 0 Å². The molecule has 0 radical (unpaired) electrons. The quantitative estimate of drug-likeness (QED) is 0.492. The Labute approximate surface area is 218 Å². The Morgan fingerprint density at radius 2 is 1.97 bits per heavy atom. The number of nitrogens with one attached hydrogen (secondary N) is 2. The topological polar surface area (TPSA) is 101 Å². The van der Waals surface area contributed by atoms with E-state index in [1.165, 1.54) is 6.07 Å². The van der Waals surface area contributed by atoms with Crippen LogP contribution in [0, 0.1) is 18.6 Å². The molecule has 202 valence electrons. The molecule has 3 aromatic rings. The van der Waals surface area contributed by atoms with E-state index in [0.29, 0.717) is 48.3 Å². The second-order valence-corrected chi connectivity index (χ2v) is 11.4. The van der Waals surface area contributed by atoms with Gasteiger partial charge in [0, 0.05) is 43.2 Å². The molecule has 1 aromatic heterocycles. The highest BCUT2D eigenvalue weighted by atomic mass is 32.2. The maximum absolute atomic E-state index is 15.2. The lowest BCUT2D eigenvalue weighted by Crippen LogP contribution is -2.48. The molecule has 2 aliphatic rings. The molecule has 3 heterocycles. The third-order valence-corrected chi connectivity index (χ3v) is 8.63. The van der Waals surface area contributed by atoms with Gasteiger partial charge in [-0.05, 0) is 49.2 Å². The summed E-state index contributed by atoms with van der Waals surface area (Å²) in [6.45, 7) is 3.54. The Bertz CT molecular complexity index is 1470. The highest BCUT2D eigenvalue weighted by Gasteiger charge is 2.34. The molecular formula is C26H27F3N4O4S. The smallest absolute Gasteiger partial charge is 0.251 e. The number of nitrogens with zero attached hydrogens (tertiary/aromatic N) is 2. The molecule has 2 aliphatic heterocycles. The molecule has 12 heteroatoms. The van der Waals surface area contributed by atoms with Gasteiger partial charge >= 0.3 is 0 Å². The van der Waals surface area contributed by atoms with Gasteiger partial charge < -0.3 is 15.4 Å². The number of carbonyl (C=O) groups is 1. The number of aryl methyl sites for hydroxylation is 1. The van der Waals surface area contributed by atoms with Gasteiger partial charge in [-0.1, -0.05) is 6.07 Å². The van der Waals surface area contributed by atoms with Crippen LogP contribution in [-0.2, 0) is 14.8 Å². The minimum atomic E-state index is -4.25. The van der Waals surface area contributed by atoms with Crippen molar-refractivity contribution in [3.05, 3.63) is 59.2 Å². The summed E-state index contributed by atoms with van der Waals surface area (Å²) in [5, 5.41) is 6.79. The number of halogens is 3. The second-order valence-electron chi connectivity index (χ2n) is 9.50. The molecule has 2 atom stereocenters. The summed E-state index contributed by atoms with van der Waals surface area (Å²) in [5.74, 6) is -2.54. The van der Waals surface area contributed by atoms with E-state index in [0.717, 1.165) is 16.4 Å². The third-order valence-electron chi connectivity index (χ3n) is 6.79. The van der Waals surface area contributed by atoms with E-state index in [9.17, 15) is 17.6 Å². The number of benzene rings is 2. The zero-order valence-electron chi connectivity index (χ0n) is 20.6. The third kappa shape index (κ3) is 5.26. The average Bonchev–Trinajstić information content (AvgIpc) is 3.34. The van der Waals surface area contributed by atoms with Crippen LogP contribution in [0.25, 0.3) is 22.2 Å². The molecule has 5 rings (SSSR count). The van der Waals surface area contributed by atoms with Crippen molar-refractivity contribution in [1.82, 2.24) is 19.9 Å². The molecule has 0 saturated carbocycles. The van der Waals surface area contributed by atoms with Crippen LogP contribution in [0.4, 0.5) is 13.2 Å². The maximum Gasteiger partial charge on any atom is 0.251 e. The number of pyridine rings is 1. The van der Waals surface area contributed by atoms with E-state index < -0.39 is 38.3 Å². The number of sulfonamides is 1. The Balaban J connectivity index is 1.44. The van der Waals surface area contributed by atoms with Gasteiger partial charge in [-0.3, -0.25) is 4.79 Å². The predicted octanol–water partition coefficient (Wildman–Crippen LogP) is 2.94. The summed E-state index contributed by atoms with van der Waals surface area (Å²) in [4.78, 5) is 16.5. The molecule has 0 spiro atoms. The van der Waals surface area contributed by atoms with Gasteiger partial charge in [0.1, 0.15) is 17.8 Å². The maximum atomic E-state index is 15.2. The number of aromatic nitrogens is 1. The Morgan fingerprint density at radius 3 is 2.63 bits per heavy atom. The van der Waals surface area contributed by atoms with E-state index >= 15 is 8.78 Å². The Kier molecular flexibility index (Phi) is 7.40. The van der Waals surface area contributed by atoms with Crippen molar-refractivity contribution in [1.29, 1.82) is 0 Å². The van der Waals surface area contributed by atoms with Gasteiger partial charge in [0.25, 0.3) is 5.91 Å². The molecule has 2 fully saturated rings. The van der Waals surface area contributed by atoms with Crippen molar-refractivity contribution in [2.45, 2.75) is 30.5 Å². The van der Waals surface area contributed by atoms with E-state index in [1.807, 2.05) is 0 Å². The number of carbonyl (C=O) groups excluding carboxylic acids is 1. The van der Waals surface area contributed by atoms with Gasteiger partial charge in [-0.2, -0.15) is 4.31 Å². The van der Waals surface area contributed by atoms with Crippen LogP contribution in [-0.4, -0.2) is 75.2 Å². The standard InChI is InChI=1S/C26H27F3N4O4S/c1-15-8-24(25-21(28)10-19(11-22(25)29)38(35,36)33-6-4-17(27)13-33)32-23-9-16(2-3-20(15)23)26(34)31-12-18-14-37-7-5-30-18/h2-3,8-11,17-18,30H,4-7,12-14H2,1H3,(H,31,34)/t17-,18-/m0/s1. The molecule has 38 heavy (non-hydrogen) atoms. The summed E-state index contributed by atoms with van der Waals surface area (Å²) in [6, 6.07) is 7.87. The fourth-order valence-corrected chi connectivity index (χ4v) is 6.25. The van der Waals surface area contributed by atoms with Crippen LogP contribution in [0.5, 0.6) is 0 Å². The van der Waals surface area contributed by atoms with Gasteiger partial charge in [0.2, 0.25) is 10.0 Å². The summed E-state index contributed by atoms with van der Waals surface area (Å²) in [5.41, 5.74) is 0.824. The number of hydrogen-bond acceptors (Lipinski definition) is 6. The summed E-state index contributed by atoms with van der Waals surface area (Å²) in [7, 11) is -4.25. The number of morpholine rings is 1. The van der Waals surface area contributed by atoms with Crippen molar-refractivity contribution in [2.75, 3.05) is 39.4 Å². The van der Waals surface area contributed by atoms with E-state index in [4.69, 9.17) is 4.74 Å². The van der Waals surface area contributed by atoms with Crippen LogP contribution in [0.2, 0.25) is 0 Å². The first-order valence-electron chi connectivity index (χ1n) is 12.3. The van der Waals surface area contributed by atoms with Gasteiger partial charge in [0.05, 0.1) is 34.9 Å². The van der Waals surface area contributed by atoms with Crippen LogP contribution in [0.1, 0.15) is 22.3 Å². The number of amides is 1. The lowest BCUT2D eigenvalue weighted by molar-refractivity contribution is 0.0734. The van der Waals surface area contributed by atoms with Crippen molar-refractivity contribution >= 4 is 26.8 Å².